The molecule has 0 aliphatic rings. The molecule has 0 spiro atoms. The van der Waals surface area contributed by atoms with Crippen LogP contribution in [-0.4, -0.2) is 4.57 Å². The summed E-state index contributed by atoms with van der Waals surface area (Å²) in [5.41, 5.74) is 11.2. The van der Waals surface area contributed by atoms with Gasteiger partial charge in [-0.2, -0.15) is 0 Å². The van der Waals surface area contributed by atoms with Crippen LogP contribution in [0.3, 0.4) is 0 Å². The molecule has 0 atom stereocenters. The second kappa shape index (κ2) is 4.76. The molecule has 108 valence electrons. The van der Waals surface area contributed by atoms with E-state index in [9.17, 15) is 0 Å². The summed E-state index contributed by atoms with van der Waals surface area (Å²) in [6.45, 7) is 15.6. The average Bonchev–Trinajstić information content (AvgIpc) is 2.61. The molecule has 0 unspecified atom stereocenters. The quantitative estimate of drug-likeness (QED) is 0.700. The van der Waals surface area contributed by atoms with Crippen molar-refractivity contribution in [3.63, 3.8) is 0 Å². The van der Waals surface area contributed by atoms with Gasteiger partial charge in [0, 0.05) is 19.4 Å². The molecule has 2 heteroatoms. The van der Waals surface area contributed by atoms with Crippen LogP contribution < -0.4 is 4.57 Å². The van der Waals surface area contributed by atoms with Crippen LogP contribution in [0.15, 0.2) is 0 Å². The molecular formula is C18H27N2+. The average molecular weight is 271 g/mol. The van der Waals surface area contributed by atoms with Crippen LogP contribution in [-0.2, 0) is 14.1 Å². The lowest BCUT2D eigenvalue weighted by molar-refractivity contribution is -0.666. The van der Waals surface area contributed by atoms with E-state index in [0.717, 1.165) is 0 Å². The molecule has 2 nitrogen and oxygen atoms in total. The maximum Gasteiger partial charge on any atom is 0.253 e. The lowest BCUT2D eigenvalue weighted by Gasteiger charge is -2.17. The third-order valence-corrected chi connectivity index (χ3v) is 5.39. The van der Waals surface area contributed by atoms with Gasteiger partial charge in [-0.15, -0.1) is 0 Å². The monoisotopic (exact) mass is 271 g/mol. The third kappa shape index (κ3) is 1.81. The molecule has 1 aromatic carbocycles. The smallest absolute Gasteiger partial charge is 0.234 e. The number of aromatic nitrogens is 2. The summed E-state index contributed by atoms with van der Waals surface area (Å²) in [5, 5.41) is 0. The Kier molecular flexibility index (Phi) is 3.53. The molecule has 0 saturated heterocycles. The molecule has 0 aliphatic carbocycles. The first-order valence-corrected chi connectivity index (χ1v) is 7.29. The summed E-state index contributed by atoms with van der Waals surface area (Å²) >= 11 is 0. The van der Waals surface area contributed by atoms with Gasteiger partial charge < -0.3 is 0 Å². The van der Waals surface area contributed by atoms with Crippen molar-refractivity contribution >= 4 is 0 Å². The van der Waals surface area contributed by atoms with Crippen LogP contribution >= 0.6 is 0 Å². The van der Waals surface area contributed by atoms with Gasteiger partial charge in [0.1, 0.15) is 5.69 Å². The highest BCUT2D eigenvalue weighted by Crippen LogP contribution is 2.34. The molecule has 0 fully saturated rings. The summed E-state index contributed by atoms with van der Waals surface area (Å²) in [6.07, 6.45) is 0. The lowest BCUT2D eigenvalue weighted by Crippen LogP contribution is -2.33. The number of imidazole rings is 1. The van der Waals surface area contributed by atoms with E-state index in [-0.39, 0.29) is 0 Å². The van der Waals surface area contributed by atoms with Gasteiger partial charge in [-0.3, -0.25) is 0 Å². The van der Waals surface area contributed by atoms with E-state index < -0.39 is 0 Å². The second-order valence-corrected chi connectivity index (χ2v) is 6.10. The zero-order chi connectivity index (χ0) is 15.4. The molecule has 20 heavy (non-hydrogen) atoms. The number of rotatable bonds is 1. The predicted octanol–water partition coefficient (Wildman–Crippen LogP) is 3.68. The highest BCUT2D eigenvalue weighted by molar-refractivity contribution is 5.72. The van der Waals surface area contributed by atoms with E-state index >= 15 is 0 Å². The minimum atomic E-state index is 1.28. The van der Waals surface area contributed by atoms with Crippen molar-refractivity contribution in [3.8, 4) is 11.3 Å². The second-order valence-electron chi connectivity index (χ2n) is 6.10. The van der Waals surface area contributed by atoms with Crippen molar-refractivity contribution in [2.75, 3.05) is 0 Å². The van der Waals surface area contributed by atoms with Gasteiger partial charge in [0.25, 0.3) is 5.82 Å². The fraction of sp³-hybridized carbons (Fsp3) is 0.500. The fourth-order valence-electron chi connectivity index (χ4n) is 3.23. The van der Waals surface area contributed by atoms with Gasteiger partial charge in [0.05, 0.1) is 14.1 Å². The van der Waals surface area contributed by atoms with E-state index in [1.165, 1.54) is 50.6 Å². The Balaban J connectivity index is 2.95. The Morgan fingerprint density at radius 3 is 1.45 bits per heavy atom. The van der Waals surface area contributed by atoms with Gasteiger partial charge in [-0.1, -0.05) is 0 Å². The first-order chi connectivity index (χ1) is 9.20. The van der Waals surface area contributed by atoms with Crippen molar-refractivity contribution in [3.05, 3.63) is 39.3 Å². The largest absolute Gasteiger partial charge is 0.253 e. The van der Waals surface area contributed by atoms with Gasteiger partial charge in [-0.05, 0) is 62.4 Å². The first-order valence-electron chi connectivity index (χ1n) is 7.29. The highest BCUT2D eigenvalue weighted by atomic mass is 15.1. The molecule has 0 N–H and O–H groups in total. The summed E-state index contributed by atoms with van der Waals surface area (Å²) in [6, 6.07) is 0. The van der Waals surface area contributed by atoms with Gasteiger partial charge >= 0.3 is 0 Å². The minimum absolute atomic E-state index is 1.28. The normalized spacial score (nSPS) is 11.2. The third-order valence-electron chi connectivity index (χ3n) is 5.39. The molecule has 2 aromatic rings. The van der Waals surface area contributed by atoms with Crippen molar-refractivity contribution < 1.29 is 4.57 Å². The maximum absolute atomic E-state index is 2.32. The lowest BCUT2D eigenvalue weighted by atomic mass is 9.87. The van der Waals surface area contributed by atoms with Gasteiger partial charge in [0.15, 0.2) is 5.69 Å². The first kappa shape index (κ1) is 14.8. The van der Waals surface area contributed by atoms with E-state index in [1.54, 1.807) is 0 Å². The van der Waals surface area contributed by atoms with Gasteiger partial charge in [-0.25, -0.2) is 9.13 Å². The molecule has 2 rings (SSSR count). The van der Waals surface area contributed by atoms with E-state index in [0.29, 0.717) is 0 Å². The van der Waals surface area contributed by atoms with E-state index in [1.807, 2.05) is 0 Å². The highest BCUT2D eigenvalue weighted by Gasteiger charge is 2.26. The molecule has 0 amide bonds. The van der Waals surface area contributed by atoms with Crippen LogP contribution in [0.2, 0.25) is 0 Å². The summed E-state index contributed by atoms with van der Waals surface area (Å²) in [7, 11) is 4.31. The molecule has 0 bridgehead atoms. The van der Waals surface area contributed by atoms with E-state index in [4.69, 9.17) is 0 Å². The summed E-state index contributed by atoms with van der Waals surface area (Å²) < 4.78 is 4.59. The minimum Gasteiger partial charge on any atom is -0.234 e. The molecule has 1 heterocycles. The Hall–Kier alpha value is -1.57. The molecule has 1 aromatic heterocycles. The molecule has 0 aliphatic heterocycles. The van der Waals surface area contributed by atoms with Crippen molar-refractivity contribution in [2.24, 2.45) is 14.1 Å². The van der Waals surface area contributed by atoms with Crippen molar-refractivity contribution in [1.29, 1.82) is 0 Å². The number of nitrogens with zero attached hydrogens (tertiary/aromatic N) is 2. The number of hydrogen-bond acceptors (Lipinski definition) is 0. The summed E-state index contributed by atoms with van der Waals surface area (Å²) in [5.74, 6) is 1.28. The SMILES string of the molecule is Cc1c(C)c(C)c(-c2c(C)n(C)c(C)[n+]2C)c(C)c1C. The van der Waals surface area contributed by atoms with Crippen molar-refractivity contribution in [2.45, 2.75) is 48.5 Å². The van der Waals surface area contributed by atoms with Crippen LogP contribution in [0.4, 0.5) is 0 Å². The van der Waals surface area contributed by atoms with Crippen LogP contribution in [0.1, 0.15) is 39.3 Å². The van der Waals surface area contributed by atoms with Gasteiger partial charge in [0.2, 0.25) is 0 Å². The molecule has 0 saturated carbocycles. The molecular weight excluding hydrogens is 244 g/mol. The summed E-state index contributed by atoms with van der Waals surface area (Å²) in [4.78, 5) is 0. The number of benzene rings is 1. The zero-order valence-corrected chi connectivity index (χ0v) is 14.4. The molecule has 0 radical (unpaired) electrons. The van der Waals surface area contributed by atoms with Crippen LogP contribution in [0.25, 0.3) is 11.3 Å². The van der Waals surface area contributed by atoms with Crippen molar-refractivity contribution in [1.82, 2.24) is 4.57 Å². The Labute approximate surface area is 123 Å². The standard InChI is InChI=1S/C18H27N2/c1-10-11(2)13(4)17(14(5)12(10)3)18-15(6)19(8)16(7)20(18)9/h1-9H3/q+1. The van der Waals surface area contributed by atoms with E-state index in [2.05, 4.69) is 71.7 Å². The predicted molar refractivity (Wildman–Crippen MR) is 85.2 cm³/mol. The topological polar surface area (TPSA) is 8.81 Å². The zero-order valence-electron chi connectivity index (χ0n) is 14.4. The fourth-order valence-corrected chi connectivity index (χ4v) is 3.23. The van der Waals surface area contributed by atoms with Crippen LogP contribution in [0.5, 0.6) is 0 Å². The van der Waals surface area contributed by atoms with Crippen LogP contribution in [0, 0.1) is 48.5 Å². The Morgan fingerprint density at radius 2 is 1.10 bits per heavy atom. The maximum atomic E-state index is 2.32. The number of hydrogen-bond donors (Lipinski definition) is 0. The Bertz CT molecular complexity index is 649. The Morgan fingerprint density at radius 1 is 0.700 bits per heavy atom.